The summed E-state index contributed by atoms with van der Waals surface area (Å²) in [5.41, 5.74) is 9.17. The summed E-state index contributed by atoms with van der Waals surface area (Å²) in [5, 5.41) is 22.6. The van der Waals surface area contributed by atoms with Crippen LogP contribution in [0.4, 0.5) is 5.69 Å². The van der Waals surface area contributed by atoms with Crippen molar-refractivity contribution in [3.05, 3.63) is 39.9 Å². The number of benzene rings is 1. The molecule has 0 spiro atoms. The van der Waals surface area contributed by atoms with Crippen LogP contribution in [-0.2, 0) is 0 Å². The number of nitriles is 1. The number of non-ortho nitro benzene ring substituents is 1. The van der Waals surface area contributed by atoms with Crippen LogP contribution < -0.4 is 11.2 Å². The number of hydrogen-bond acceptors (Lipinski definition) is 5. The number of nitrogens with zero attached hydrogens (tertiary/aromatic N) is 5. The van der Waals surface area contributed by atoms with Crippen molar-refractivity contribution < 1.29 is 4.92 Å². The highest BCUT2D eigenvalue weighted by Gasteiger charge is 2.05. The molecule has 0 saturated carbocycles. The summed E-state index contributed by atoms with van der Waals surface area (Å²) < 4.78 is 0. The molecule has 0 fully saturated rings. The molecular formula is C11H11N7O2. The van der Waals surface area contributed by atoms with Crippen molar-refractivity contribution in [3.63, 3.8) is 0 Å². The minimum Gasteiger partial charge on any atom is -0.368 e. The van der Waals surface area contributed by atoms with Gasteiger partial charge in [-0.2, -0.15) is 15.4 Å². The van der Waals surface area contributed by atoms with Crippen molar-refractivity contribution in [2.24, 2.45) is 20.8 Å². The fraction of sp³-hybridized carbons (Fsp3) is 0.0909. The molecule has 3 N–H and O–H groups in total. The molecule has 0 aliphatic rings. The number of nitrogens with one attached hydrogen (secondary N) is 1. The van der Waals surface area contributed by atoms with Crippen LogP contribution >= 0.6 is 0 Å². The van der Waals surface area contributed by atoms with E-state index < -0.39 is 4.92 Å². The van der Waals surface area contributed by atoms with Gasteiger partial charge in [0.05, 0.1) is 10.6 Å². The Morgan fingerprint density at radius 3 is 2.70 bits per heavy atom. The Balaban J connectivity index is 2.74. The summed E-state index contributed by atoms with van der Waals surface area (Å²) in [4.78, 5) is 16.8. The molecule has 0 unspecified atom stereocenters. The molecule has 20 heavy (non-hydrogen) atoms. The maximum atomic E-state index is 10.5. The molecule has 1 aromatic carbocycles. The largest absolute Gasteiger partial charge is 0.368 e. The van der Waals surface area contributed by atoms with E-state index in [2.05, 4.69) is 20.5 Å². The highest BCUT2D eigenvalue weighted by atomic mass is 16.6. The number of nitrogens with two attached hydrogens (primary N) is 1. The van der Waals surface area contributed by atoms with Crippen LogP contribution in [0.5, 0.6) is 0 Å². The third-order valence-corrected chi connectivity index (χ3v) is 2.15. The third kappa shape index (κ3) is 4.53. The summed E-state index contributed by atoms with van der Waals surface area (Å²) in [7, 11) is 0. The van der Waals surface area contributed by atoms with Gasteiger partial charge in [0.2, 0.25) is 12.2 Å². The normalized spacial score (nSPS) is 12.2. The highest BCUT2D eigenvalue weighted by Crippen LogP contribution is 2.12. The van der Waals surface area contributed by atoms with E-state index in [1.165, 1.54) is 18.3 Å². The molecule has 0 radical (unpaired) electrons. The molecule has 0 aliphatic heterocycles. The van der Waals surface area contributed by atoms with Crippen LogP contribution in [0.3, 0.4) is 0 Å². The van der Waals surface area contributed by atoms with Crippen molar-refractivity contribution in [1.82, 2.24) is 5.43 Å². The quantitative estimate of drug-likeness (QED) is 0.273. The highest BCUT2D eigenvalue weighted by molar-refractivity contribution is 5.99. The van der Waals surface area contributed by atoms with E-state index in [1.54, 1.807) is 19.1 Å². The molecule has 0 bridgehead atoms. The molecule has 0 atom stereocenters. The Labute approximate surface area is 114 Å². The zero-order valence-corrected chi connectivity index (χ0v) is 10.5. The zero-order valence-electron chi connectivity index (χ0n) is 10.5. The van der Waals surface area contributed by atoms with Gasteiger partial charge < -0.3 is 5.73 Å². The Bertz CT molecular complexity index is 611. The van der Waals surface area contributed by atoms with Crippen LogP contribution in [0.15, 0.2) is 39.4 Å². The van der Waals surface area contributed by atoms with Crippen LogP contribution in [0.25, 0.3) is 0 Å². The number of hydrogen-bond donors (Lipinski definition) is 2. The van der Waals surface area contributed by atoms with E-state index in [0.717, 1.165) is 6.34 Å². The molecule has 0 aliphatic carbocycles. The van der Waals surface area contributed by atoms with E-state index in [1.807, 2.05) is 0 Å². The lowest BCUT2D eigenvalue weighted by molar-refractivity contribution is -0.384. The summed E-state index contributed by atoms with van der Waals surface area (Å²) >= 11 is 0. The van der Waals surface area contributed by atoms with Crippen molar-refractivity contribution in [2.75, 3.05) is 0 Å². The Morgan fingerprint density at radius 1 is 1.50 bits per heavy atom. The van der Waals surface area contributed by atoms with E-state index in [-0.39, 0.29) is 11.6 Å². The van der Waals surface area contributed by atoms with Gasteiger partial charge >= 0.3 is 0 Å². The number of nitro benzene ring substituents is 1. The number of nitro groups is 1. The van der Waals surface area contributed by atoms with E-state index >= 15 is 0 Å². The molecule has 102 valence electrons. The third-order valence-electron chi connectivity index (χ3n) is 2.15. The van der Waals surface area contributed by atoms with Crippen LogP contribution in [0, 0.1) is 21.6 Å². The van der Waals surface area contributed by atoms with Gasteiger partial charge in [-0.05, 0) is 24.6 Å². The molecule has 0 aromatic heterocycles. The van der Waals surface area contributed by atoms with Crippen LogP contribution in [-0.4, -0.2) is 22.9 Å². The predicted molar refractivity (Wildman–Crippen MR) is 74.2 cm³/mol. The number of hydrazone groups is 1. The van der Waals surface area contributed by atoms with Gasteiger partial charge in [0.25, 0.3) is 5.69 Å². The van der Waals surface area contributed by atoms with Gasteiger partial charge in [-0.25, -0.2) is 10.4 Å². The average molecular weight is 273 g/mol. The van der Waals surface area contributed by atoms with Crippen molar-refractivity contribution in [3.8, 4) is 6.19 Å². The predicted octanol–water partition coefficient (Wildman–Crippen LogP) is 0.732. The SMILES string of the molecule is C/C(=N\NC(N)=NC=NC#N)c1ccc([N+](=O)[O-])cc1. The fourth-order valence-corrected chi connectivity index (χ4v) is 1.18. The van der Waals surface area contributed by atoms with Gasteiger partial charge in [-0.15, -0.1) is 0 Å². The fourth-order valence-electron chi connectivity index (χ4n) is 1.18. The second-order valence-electron chi connectivity index (χ2n) is 3.47. The number of rotatable bonds is 4. The van der Waals surface area contributed by atoms with E-state index in [0.29, 0.717) is 11.3 Å². The monoisotopic (exact) mass is 273 g/mol. The second kappa shape index (κ2) is 7.22. The average Bonchev–Trinajstić information content (AvgIpc) is 2.45. The molecule has 0 heterocycles. The summed E-state index contributed by atoms with van der Waals surface area (Å²) in [5.74, 6) is -0.0368. The van der Waals surface area contributed by atoms with Gasteiger partial charge in [0.1, 0.15) is 6.34 Å². The summed E-state index contributed by atoms with van der Waals surface area (Å²) in [6.07, 6.45) is 2.50. The van der Waals surface area contributed by atoms with Gasteiger partial charge in [0.15, 0.2) is 0 Å². The Kier molecular flexibility index (Phi) is 5.34. The van der Waals surface area contributed by atoms with Crippen LogP contribution in [0.1, 0.15) is 12.5 Å². The molecule has 0 amide bonds. The first-order valence-electron chi connectivity index (χ1n) is 5.33. The first-order chi connectivity index (χ1) is 9.54. The molecule has 0 saturated heterocycles. The van der Waals surface area contributed by atoms with Crippen LogP contribution in [0.2, 0.25) is 0 Å². The van der Waals surface area contributed by atoms with Crippen molar-refractivity contribution in [1.29, 1.82) is 5.26 Å². The molecule has 9 nitrogen and oxygen atoms in total. The minimum absolute atomic E-state index is 0.00306. The lowest BCUT2D eigenvalue weighted by Gasteiger charge is -2.02. The molecule has 1 aromatic rings. The Morgan fingerprint density at radius 2 is 2.15 bits per heavy atom. The van der Waals surface area contributed by atoms with Gasteiger partial charge in [-0.1, -0.05) is 0 Å². The minimum atomic E-state index is -0.478. The van der Waals surface area contributed by atoms with E-state index in [4.69, 9.17) is 11.0 Å². The lowest BCUT2D eigenvalue weighted by Crippen LogP contribution is -2.28. The Hall–Kier alpha value is -3.28. The standard InChI is InChI=1S/C11H11N7O2/c1-8(16-17-11(13)15-7-14-6-12)9-2-4-10(5-3-9)18(19)20/h2-5,7H,1H3,(H3,13,14,15,17)/b16-8+. The van der Waals surface area contributed by atoms with E-state index in [9.17, 15) is 10.1 Å². The molecule has 1 rings (SSSR count). The topological polar surface area (TPSA) is 142 Å². The summed E-state index contributed by atoms with van der Waals surface area (Å²) in [6, 6.07) is 5.91. The van der Waals surface area contributed by atoms with Crippen molar-refractivity contribution >= 4 is 23.7 Å². The maximum absolute atomic E-state index is 10.5. The van der Waals surface area contributed by atoms with Gasteiger partial charge in [-0.3, -0.25) is 10.1 Å². The second-order valence-corrected chi connectivity index (χ2v) is 3.47. The lowest BCUT2D eigenvalue weighted by atomic mass is 10.1. The number of aliphatic imine (C=N–C) groups is 2. The first kappa shape index (κ1) is 14.8. The summed E-state index contributed by atoms with van der Waals surface area (Å²) in [6.45, 7) is 1.70. The molecular weight excluding hydrogens is 262 g/mol. The zero-order chi connectivity index (χ0) is 15.0. The molecule has 9 heteroatoms. The maximum Gasteiger partial charge on any atom is 0.269 e. The van der Waals surface area contributed by atoms with Crippen molar-refractivity contribution in [2.45, 2.75) is 6.92 Å². The number of guanidine groups is 1. The first-order valence-corrected chi connectivity index (χ1v) is 5.33. The van der Waals surface area contributed by atoms with Gasteiger partial charge in [0, 0.05) is 12.1 Å². The smallest absolute Gasteiger partial charge is 0.269 e.